The van der Waals surface area contributed by atoms with Crippen LogP contribution >= 0.6 is 0 Å². The van der Waals surface area contributed by atoms with Crippen LogP contribution in [0.5, 0.6) is 5.75 Å². The summed E-state index contributed by atoms with van der Waals surface area (Å²) in [6.45, 7) is 5.75. The van der Waals surface area contributed by atoms with Crippen molar-refractivity contribution in [1.29, 1.82) is 0 Å². The highest BCUT2D eigenvalue weighted by Gasteiger charge is 2.36. The van der Waals surface area contributed by atoms with Gasteiger partial charge in [-0.2, -0.15) is 5.10 Å². The van der Waals surface area contributed by atoms with E-state index in [0.717, 1.165) is 18.7 Å². The van der Waals surface area contributed by atoms with Gasteiger partial charge in [0.05, 0.1) is 32.1 Å². The van der Waals surface area contributed by atoms with Gasteiger partial charge in [-0.1, -0.05) is 43.3 Å². The number of methoxy groups -OCH3 is 1. The van der Waals surface area contributed by atoms with Gasteiger partial charge in [0.1, 0.15) is 18.1 Å². The maximum atomic E-state index is 14.6. The van der Waals surface area contributed by atoms with Gasteiger partial charge in [0.2, 0.25) is 5.91 Å². The standard InChI is InChI=1S/C27H33FN4O4/c1-3-26(33)31(13-12-30-14-16-36-17-15-30)19-27(34)32-24(21-9-5-7-11-25(21)35-2)18-23(29-32)20-8-4-6-10-22(20)28/h4-11,24H,3,12-19H2,1-2H3/t24-/m1/s1. The van der Waals surface area contributed by atoms with E-state index in [9.17, 15) is 14.0 Å². The molecule has 2 aliphatic rings. The van der Waals surface area contributed by atoms with Gasteiger partial charge in [-0.05, 0) is 12.1 Å². The Bertz CT molecular complexity index is 1100. The van der Waals surface area contributed by atoms with Crippen LogP contribution in [0.15, 0.2) is 53.6 Å². The molecule has 2 aromatic rings. The molecule has 192 valence electrons. The number of benzene rings is 2. The Morgan fingerprint density at radius 1 is 1.14 bits per heavy atom. The normalized spacial score (nSPS) is 18.1. The molecule has 0 saturated carbocycles. The largest absolute Gasteiger partial charge is 0.496 e. The van der Waals surface area contributed by atoms with Crippen LogP contribution < -0.4 is 4.74 Å². The maximum Gasteiger partial charge on any atom is 0.262 e. The molecule has 2 aliphatic heterocycles. The van der Waals surface area contributed by atoms with E-state index in [0.29, 0.717) is 56.2 Å². The van der Waals surface area contributed by atoms with Crippen molar-refractivity contribution >= 4 is 17.5 Å². The average molecular weight is 497 g/mol. The van der Waals surface area contributed by atoms with Crippen molar-refractivity contribution in [2.45, 2.75) is 25.8 Å². The number of nitrogens with zero attached hydrogens (tertiary/aromatic N) is 4. The van der Waals surface area contributed by atoms with Crippen LogP contribution in [0.2, 0.25) is 0 Å². The third kappa shape index (κ3) is 5.91. The highest BCUT2D eigenvalue weighted by atomic mass is 19.1. The molecule has 1 saturated heterocycles. The number of morpholine rings is 1. The Kier molecular flexibility index (Phi) is 8.66. The number of hydrazone groups is 1. The molecule has 36 heavy (non-hydrogen) atoms. The Balaban J connectivity index is 1.58. The zero-order chi connectivity index (χ0) is 25.5. The molecule has 9 heteroatoms. The van der Waals surface area contributed by atoms with Crippen molar-refractivity contribution in [3.8, 4) is 5.75 Å². The fourth-order valence-electron chi connectivity index (χ4n) is 4.62. The predicted molar refractivity (Wildman–Crippen MR) is 134 cm³/mol. The van der Waals surface area contributed by atoms with E-state index < -0.39 is 11.9 Å². The summed E-state index contributed by atoms with van der Waals surface area (Å²) >= 11 is 0. The molecule has 4 rings (SSSR count). The molecule has 1 atom stereocenters. The molecule has 2 heterocycles. The number of hydrogen-bond donors (Lipinski definition) is 0. The first-order valence-corrected chi connectivity index (χ1v) is 12.4. The first kappa shape index (κ1) is 25.8. The van der Waals surface area contributed by atoms with Gasteiger partial charge in [-0.25, -0.2) is 9.40 Å². The van der Waals surface area contributed by atoms with Gasteiger partial charge in [0.25, 0.3) is 5.91 Å². The summed E-state index contributed by atoms with van der Waals surface area (Å²) < 4.78 is 25.6. The summed E-state index contributed by atoms with van der Waals surface area (Å²) in [4.78, 5) is 30.2. The van der Waals surface area contributed by atoms with E-state index in [4.69, 9.17) is 9.47 Å². The van der Waals surface area contributed by atoms with Crippen molar-refractivity contribution in [2.24, 2.45) is 5.10 Å². The molecule has 0 aliphatic carbocycles. The van der Waals surface area contributed by atoms with Crippen LogP contribution in [0.4, 0.5) is 4.39 Å². The third-order valence-corrected chi connectivity index (χ3v) is 6.62. The Morgan fingerprint density at radius 3 is 2.58 bits per heavy atom. The van der Waals surface area contributed by atoms with Crippen LogP contribution in [-0.2, 0) is 14.3 Å². The highest BCUT2D eigenvalue weighted by molar-refractivity contribution is 6.03. The van der Waals surface area contributed by atoms with Gasteiger partial charge >= 0.3 is 0 Å². The number of halogens is 1. The Hall–Kier alpha value is -3.30. The zero-order valence-electron chi connectivity index (χ0n) is 20.9. The molecule has 0 aromatic heterocycles. The molecule has 0 bridgehead atoms. The molecule has 0 spiro atoms. The number of para-hydroxylation sites is 1. The molecule has 2 amide bonds. The number of amides is 2. The molecule has 0 N–H and O–H groups in total. The van der Waals surface area contributed by atoms with Crippen LogP contribution in [0.3, 0.4) is 0 Å². The molecular weight excluding hydrogens is 463 g/mol. The number of carbonyl (C=O) groups is 2. The quantitative estimate of drug-likeness (QED) is 0.534. The Morgan fingerprint density at radius 2 is 1.86 bits per heavy atom. The average Bonchev–Trinajstić information content (AvgIpc) is 3.36. The maximum absolute atomic E-state index is 14.6. The SMILES string of the molecule is CCC(=O)N(CCN1CCOCC1)CC(=O)N1N=C(c2ccccc2F)C[C@@H]1c1ccccc1OC. The van der Waals surface area contributed by atoms with Gasteiger partial charge in [0.15, 0.2) is 0 Å². The fraction of sp³-hybridized carbons (Fsp3) is 0.444. The van der Waals surface area contributed by atoms with Gasteiger partial charge in [-0.15, -0.1) is 0 Å². The number of hydrogen-bond acceptors (Lipinski definition) is 6. The summed E-state index contributed by atoms with van der Waals surface area (Å²) in [5.74, 6) is -0.180. The minimum absolute atomic E-state index is 0.0945. The van der Waals surface area contributed by atoms with Crippen LogP contribution in [-0.4, -0.2) is 85.4 Å². The lowest BCUT2D eigenvalue weighted by Gasteiger charge is -2.31. The Labute approximate surface area is 211 Å². The molecule has 0 radical (unpaired) electrons. The number of carbonyl (C=O) groups excluding carboxylic acids is 2. The zero-order valence-corrected chi connectivity index (χ0v) is 20.9. The lowest BCUT2D eigenvalue weighted by atomic mass is 9.97. The third-order valence-electron chi connectivity index (χ3n) is 6.62. The summed E-state index contributed by atoms with van der Waals surface area (Å²) in [5, 5.41) is 5.97. The molecule has 1 fully saturated rings. The minimum atomic E-state index is -0.471. The van der Waals surface area contributed by atoms with Crippen molar-refractivity contribution in [3.63, 3.8) is 0 Å². The second kappa shape index (κ2) is 12.1. The fourth-order valence-corrected chi connectivity index (χ4v) is 4.62. The molecule has 0 unspecified atom stereocenters. The number of rotatable bonds is 9. The van der Waals surface area contributed by atoms with Crippen LogP contribution in [0, 0.1) is 5.82 Å². The minimum Gasteiger partial charge on any atom is -0.496 e. The van der Waals surface area contributed by atoms with Crippen LogP contribution in [0.1, 0.15) is 36.9 Å². The second-order valence-electron chi connectivity index (χ2n) is 8.85. The summed E-state index contributed by atoms with van der Waals surface area (Å²) in [6.07, 6.45) is 0.638. The summed E-state index contributed by atoms with van der Waals surface area (Å²) in [7, 11) is 1.58. The van der Waals surface area contributed by atoms with Crippen molar-refractivity contribution < 1.29 is 23.5 Å². The van der Waals surface area contributed by atoms with Crippen molar-refractivity contribution in [1.82, 2.24) is 14.8 Å². The highest BCUT2D eigenvalue weighted by Crippen LogP contribution is 2.37. The van der Waals surface area contributed by atoms with Crippen LogP contribution in [0.25, 0.3) is 0 Å². The monoisotopic (exact) mass is 496 g/mol. The van der Waals surface area contributed by atoms with E-state index in [-0.39, 0.29) is 18.4 Å². The van der Waals surface area contributed by atoms with Crippen molar-refractivity contribution in [2.75, 3.05) is 53.0 Å². The lowest BCUT2D eigenvalue weighted by molar-refractivity contribution is -0.141. The van der Waals surface area contributed by atoms with E-state index in [1.54, 1.807) is 37.1 Å². The van der Waals surface area contributed by atoms with Gasteiger partial charge in [0, 0.05) is 50.1 Å². The lowest BCUT2D eigenvalue weighted by Crippen LogP contribution is -2.46. The molecule has 2 aromatic carbocycles. The van der Waals surface area contributed by atoms with E-state index in [1.807, 2.05) is 24.3 Å². The second-order valence-corrected chi connectivity index (χ2v) is 8.85. The first-order valence-electron chi connectivity index (χ1n) is 12.4. The topological polar surface area (TPSA) is 74.7 Å². The smallest absolute Gasteiger partial charge is 0.262 e. The first-order chi connectivity index (χ1) is 17.5. The summed E-state index contributed by atoms with van der Waals surface area (Å²) in [5.41, 5.74) is 1.63. The van der Waals surface area contributed by atoms with E-state index >= 15 is 0 Å². The predicted octanol–water partition coefficient (Wildman–Crippen LogP) is 3.08. The van der Waals surface area contributed by atoms with Crippen molar-refractivity contribution in [3.05, 3.63) is 65.5 Å². The molecule has 8 nitrogen and oxygen atoms in total. The molecular formula is C27H33FN4O4. The van der Waals surface area contributed by atoms with Gasteiger partial charge in [-0.3, -0.25) is 14.5 Å². The summed E-state index contributed by atoms with van der Waals surface area (Å²) in [6, 6.07) is 13.4. The van der Waals surface area contributed by atoms with Gasteiger partial charge < -0.3 is 14.4 Å². The number of ether oxygens (including phenoxy) is 2. The van der Waals surface area contributed by atoms with E-state index in [2.05, 4.69) is 10.0 Å². The van der Waals surface area contributed by atoms with E-state index in [1.165, 1.54) is 11.1 Å².